The van der Waals surface area contributed by atoms with Gasteiger partial charge in [0.15, 0.2) is 0 Å². The smallest absolute Gasteiger partial charge is 0.0434 e. The minimum absolute atomic E-state index is 0.728. The van der Waals surface area contributed by atoms with Crippen molar-refractivity contribution in [2.24, 2.45) is 17.8 Å². The number of rotatable bonds is 11. The Kier molecular flexibility index (Phi) is 10.0. The summed E-state index contributed by atoms with van der Waals surface area (Å²) in [6.45, 7) is 4.58. The van der Waals surface area contributed by atoms with E-state index in [1.165, 1.54) is 120 Å². The van der Waals surface area contributed by atoms with Gasteiger partial charge in [-0.15, -0.1) is 0 Å². The molecule has 164 valence electrons. The van der Waals surface area contributed by atoms with Gasteiger partial charge in [-0.25, -0.2) is 0 Å². The predicted octanol–water partition coefficient (Wildman–Crippen LogP) is 8.86. The molecule has 0 radical (unpaired) electrons. The molecule has 0 aromatic carbocycles. The van der Waals surface area contributed by atoms with Gasteiger partial charge < -0.3 is 0 Å². The van der Waals surface area contributed by atoms with Gasteiger partial charge in [0.25, 0.3) is 0 Å². The maximum Gasteiger partial charge on any atom is 0.0434 e. The predicted molar refractivity (Wildman–Crippen MR) is 126 cm³/mol. The lowest BCUT2D eigenvalue weighted by molar-refractivity contribution is 0.155. The van der Waals surface area contributed by atoms with Crippen molar-refractivity contribution in [3.05, 3.63) is 29.6 Å². The molecule has 0 amide bonds. The van der Waals surface area contributed by atoms with Gasteiger partial charge in [-0.3, -0.25) is 4.98 Å². The van der Waals surface area contributed by atoms with E-state index in [-0.39, 0.29) is 0 Å². The van der Waals surface area contributed by atoms with Crippen molar-refractivity contribution in [1.29, 1.82) is 0 Å². The van der Waals surface area contributed by atoms with Crippen LogP contribution in [0.3, 0.4) is 0 Å². The van der Waals surface area contributed by atoms with E-state index in [9.17, 15) is 0 Å². The van der Waals surface area contributed by atoms with Crippen LogP contribution in [0.15, 0.2) is 18.3 Å². The fourth-order valence-electron chi connectivity index (χ4n) is 6.08. The van der Waals surface area contributed by atoms with Crippen LogP contribution in [-0.2, 0) is 6.42 Å². The number of unbranched alkanes of at least 4 members (excludes halogenated alkanes) is 5. The SMILES string of the molecule is CCCCCCCC1CCC(C2CCC(c3ccc(CCCC)cn3)CC2)CC1. The van der Waals surface area contributed by atoms with Crippen LogP contribution in [0.4, 0.5) is 0 Å². The molecular weight excluding hydrogens is 350 g/mol. The van der Waals surface area contributed by atoms with Crippen LogP contribution < -0.4 is 0 Å². The third kappa shape index (κ3) is 7.41. The Morgan fingerprint density at radius 3 is 2.00 bits per heavy atom. The van der Waals surface area contributed by atoms with Crippen molar-refractivity contribution in [3.8, 4) is 0 Å². The van der Waals surface area contributed by atoms with E-state index in [1.807, 2.05) is 0 Å². The average molecular weight is 398 g/mol. The number of nitrogens with zero attached hydrogens (tertiary/aromatic N) is 1. The lowest BCUT2D eigenvalue weighted by atomic mass is 9.68. The van der Waals surface area contributed by atoms with E-state index in [1.54, 1.807) is 0 Å². The molecule has 1 aromatic rings. The van der Waals surface area contributed by atoms with E-state index in [0.29, 0.717) is 0 Å². The quantitative estimate of drug-likeness (QED) is 0.340. The summed E-state index contributed by atoms with van der Waals surface area (Å²) in [6, 6.07) is 4.68. The van der Waals surface area contributed by atoms with Crippen molar-refractivity contribution in [2.45, 2.75) is 129 Å². The summed E-state index contributed by atoms with van der Waals surface area (Å²) >= 11 is 0. The molecule has 0 bridgehead atoms. The number of hydrogen-bond donors (Lipinski definition) is 0. The van der Waals surface area contributed by atoms with Crippen LogP contribution in [0.2, 0.25) is 0 Å². The second kappa shape index (κ2) is 12.8. The van der Waals surface area contributed by atoms with Crippen LogP contribution >= 0.6 is 0 Å². The Morgan fingerprint density at radius 2 is 1.38 bits per heavy atom. The molecule has 0 saturated heterocycles. The number of aromatic nitrogens is 1. The molecule has 2 saturated carbocycles. The van der Waals surface area contributed by atoms with Crippen molar-refractivity contribution in [1.82, 2.24) is 4.98 Å². The molecule has 1 nitrogen and oxygen atoms in total. The summed E-state index contributed by atoms with van der Waals surface area (Å²) in [7, 11) is 0. The highest BCUT2D eigenvalue weighted by atomic mass is 14.7. The zero-order valence-corrected chi connectivity index (χ0v) is 19.5. The molecule has 1 aromatic heterocycles. The minimum Gasteiger partial charge on any atom is -0.261 e. The second-order valence-corrected chi connectivity index (χ2v) is 10.3. The van der Waals surface area contributed by atoms with E-state index in [2.05, 4.69) is 32.2 Å². The molecule has 0 spiro atoms. The van der Waals surface area contributed by atoms with Gasteiger partial charge in [-0.1, -0.05) is 77.7 Å². The van der Waals surface area contributed by atoms with Crippen molar-refractivity contribution < 1.29 is 0 Å². The highest BCUT2D eigenvalue weighted by Crippen LogP contribution is 2.44. The van der Waals surface area contributed by atoms with Crippen molar-refractivity contribution in [3.63, 3.8) is 0 Å². The lowest BCUT2D eigenvalue weighted by Crippen LogP contribution is -2.25. The second-order valence-electron chi connectivity index (χ2n) is 10.3. The van der Waals surface area contributed by atoms with Crippen LogP contribution in [0.5, 0.6) is 0 Å². The summed E-state index contributed by atoms with van der Waals surface area (Å²) < 4.78 is 0. The van der Waals surface area contributed by atoms with E-state index in [4.69, 9.17) is 4.98 Å². The normalized spacial score (nSPS) is 27.8. The van der Waals surface area contributed by atoms with E-state index < -0.39 is 0 Å². The molecule has 2 aliphatic rings. The average Bonchev–Trinajstić information content (AvgIpc) is 2.78. The third-order valence-corrected chi connectivity index (χ3v) is 8.13. The molecule has 1 heterocycles. The first-order valence-electron chi connectivity index (χ1n) is 13.2. The fourth-order valence-corrected chi connectivity index (χ4v) is 6.08. The lowest BCUT2D eigenvalue weighted by Gasteiger charge is -2.38. The number of pyridine rings is 1. The zero-order valence-electron chi connectivity index (χ0n) is 19.5. The van der Waals surface area contributed by atoms with E-state index >= 15 is 0 Å². The number of hydrogen-bond acceptors (Lipinski definition) is 1. The molecule has 2 aliphatic carbocycles. The summed E-state index contributed by atoms with van der Waals surface area (Å²) in [5.41, 5.74) is 2.79. The van der Waals surface area contributed by atoms with Crippen LogP contribution in [0.25, 0.3) is 0 Å². The fraction of sp³-hybridized carbons (Fsp3) is 0.821. The van der Waals surface area contributed by atoms with Gasteiger partial charge in [0, 0.05) is 17.8 Å². The molecule has 1 heteroatoms. The van der Waals surface area contributed by atoms with Gasteiger partial charge in [0.2, 0.25) is 0 Å². The third-order valence-electron chi connectivity index (χ3n) is 8.13. The van der Waals surface area contributed by atoms with Gasteiger partial charge >= 0.3 is 0 Å². The summed E-state index contributed by atoms with van der Waals surface area (Å²) in [4.78, 5) is 4.85. The molecule has 2 fully saturated rings. The maximum atomic E-state index is 4.85. The highest BCUT2D eigenvalue weighted by molar-refractivity contribution is 5.17. The Morgan fingerprint density at radius 1 is 0.724 bits per heavy atom. The first-order chi connectivity index (χ1) is 14.3. The molecule has 0 N–H and O–H groups in total. The monoisotopic (exact) mass is 397 g/mol. The van der Waals surface area contributed by atoms with E-state index in [0.717, 1.165) is 23.7 Å². The molecular formula is C28H47N. The highest BCUT2D eigenvalue weighted by Gasteiger charge is 2.31. The van der Waals surface area contributed by atoms with Gasteiger partial charge in [-0.2, -0.15) is 0 Å². The van der Waals surface area contributed by atoms with Crippen LogP contribution in [-0.4, -0.2) is 4.98 Å². The summed E-state index contributed by atoms with van der Waals surface area (Å²) in [6.07, 6.45) is 26.4. The minimum atomic E-state index is 0.728. The van der Waals surface area contributed by atoms with Gasteiger partial charge in [0.05, 0.1) is 0 Å². The van der Waals surface area contributed by atoms with Crippen LogP contribution in [0, 0.1) is 17.8 Å². The summed E-state index contributed by atoms with van der Waals surface area (Å²) in [5.74, 6) is 3.84. The Balaban J connectivity index is 1.34. The summed E-state index contributed by atoms with van der Waals surface area (Å²) in [5, 5.41) is 0. The molecule has 3 rings (SSSR count). The first-order valence-corrected chi connectivity index (χ1v) is 13.2. The maximum absolute atomic E-state index is 4.85. The molecule has 29 heavy (non-hydrogen) atoms. The Bertz CT molecular complexity index is 532. The first kappa shape index (κ1) is 22.8. The molecule has 0 atom stereocenters. The van der Waals surface area contributed by atoms with Crippen molar-refractivity contribution >= 4 is 0 Å². The van der Waals surface area contributed by atoms with Crippen LogP contribution in [0.1, 0.15) is 134 Å². The van der Waals surface area contributed by atoms with Gasteiger partial charge in [-0.05, 0) is 80.8 Å². The Hall–Kier alpha value is -0.850. The molecule has 0 aliphatic heterocycles. The zero-order chi connectivity index (χ0) is 20.3. The van der Waals surface area contributed by atoms with Gasteiger partial charge in [0.1, 0.15) is 0 Å². The standard InChI is InChI=1S/C28H47N/c1-3-5-7-8-9-11-23-12-15-25(16-13-23)26-17-19-27(20-18-26)28-21-14-24(22-29-28)10-6-4-2/h14,21-23,25-27H,3-13,15-20H2,1-2H3. The van der Waals surface area contributed by atoms with Crippen molar-refractivity contribution in [2.75, 3.05) is 0 Å². The Labute approximate surface area is 181 Å². The largest absolute Gasteiger partial charge is 0.261 e. The molecule has 0 unspecified atom stereocenters. The number of aryl methyl sites for hydroxylation is 1. The topological polar surface area (TPSA) is 12.9 Å².